The van der Waals surface area contributed by atoms with Gasteiger partial charge < -0.3 is 15.4 Å². The summed E-state index contributed by atoms with van der Waals surface area (Å²) in [6, 6.07) is 7.96. The van der Waals surface area contributed by atoms with Crippen molar-refractivity contribution in [2.75, 3.05) is 46.4 Å². The van der Waals surface area contributed by atoms with Crippen molar-refractivity contribution in [2.24, 2.45) is 0 Å². The van der Waals surface area contributed by atoms with Crippen molar-refractivity contribution in [3.8, 4) is 0 Å². The Hall–Kier alpha value is -0.850. The first-order valence-electron chi connectivity index (χ1n) is 7.19. The number of morpholine rings is 1. The molecule has 1 fully saturated rings. The fourth-order valence-electron chi connectivity index (χ4n) is 2.47. The Labute approximate surface area is 142 Å². The van der Waals surface area contributed by atoms with Crippen molar-refractivity contribution < 1.29 is 9.53 Å². The highest BCUT2D eigenvalue weighted by molar-refractivity contribution is 6.30. The molecule has 0 saturated carbocycles. The van der Waals surface area contributed by atoms with Gasteiger partial charge in [-0.15, -0.1) is 12.4 Å². The monoisotopic (exact) mass is 347 g/mol. The predicted molar refractivity (Wildman–Crippen MR) is 90.8 cm³/mol. The highest BCUT2D eigenvalue weighted by Crippen LogP contribution is 2.22. The van der Waals surface area contributed by atoms with Gasteiger partial charge in [0.1, 0.15) is 0 Å². The van der Waals surface area contributed by atoms with Crippen LogP contribution < -0.4 is 10.6 Å². The first-order valence-corrected chi connectivity index (χ1v) is 7.57. The molecule has 0 aliphatic carbocycles. The Balaban J connectivity index is 0.00000242. The number of amides is 1. The maximum Gasteiger partial charge on any atom is 0.234 e. The predicted octanol–water partition coefficient (Wildman–Crippen LogP) is 1.47. The number of benzene rings is 1. The molecule has 0 aromatic heterocycles. The lowest BCUT2D eigenvalue weighted by Crippen LogP contribution is -2.44. The average Bonchev–Trinajstić information content (AvgIpc) is 2.50. The van der Waals surface area contributed by atoms with Crippen LogP contribution in [0.25, 0.3) is 0 Å². The molecule has 0 bridgehead atoms. The molecule has 1 aliphatic heterocycles. The van der Waals surface area contributed by atoms with Crippen LogP contribution in [0.4, 0.5) is 0 Å². The SMILES string of the molecule is CNCC(=O)NCC(c1ccc(Cl)cc1)N1CCOCC1.Cl. The summed E-state index contributed by atoms with van der Waals surface area (Å²) in [4.78, 5) is 14.0. The van der Waals surface area contributed by atoms with E-state index in [1.54, 1.807) is 7.05 Å². The fraction of sp³-hybridized carbons (Fsp3) is 0.533. The number of ether oxygens (including phenoxy) is 1. The van der Waals surface area contributed by atoms with Crippen LogP contribution in [0.3, 0.4) is 0 Å². The molecule has 1 aliphatic rings. The molecule has 1 saturated heterocycles. The molecule has 5 nitrogen and oxygen atoms in total. The van der Waals surface area contributed by atoms with E-state index >= 15 is 0 Å². The molecule has 2 N–H and O–H groups in total. The number of hydrogen-bond acceptors (Lipinski definition) is 4. The smallest absolute Gasteiger partial charge is 0.234 e. The molecule has 0 radical (unpaired) electrons. The minimum absolute atomic E-state index is 0. The van der Waals surface area contributed by atoms with Gasteiger partial charge in [-0.25, -0.2) is 0 Å². The summed E-state index contributed by atoms with van der Waals surface area (Å²) < 4.78 is 5.41. The molecule has 0 spiro atoms. The van der Waals surface area contributed by atoms with E-state index < -0.39 is 0 Å². The van der Waals surface area contributed by atoms with Gasteiger partial charge in [0.2, 0.25) is 5.91 Å². The average molecular weight is 348 g/mol. The van der Waals surface area contributed by atoms with E-state index in [0.29, 0.717) is 13.1 Å². The lowest BCUT2D eigenvalue weighted by Gasteiger charge is -2.35. The van der Waals surface area contributed by atoms with Crippen molar-refractivity contribution >= 4 is 29.9 Å². The van der Waals surface area contributed by atoms with Gasteiger partial charge >= 0.3 is 0 Å². The first-order chi connectivity index (χ1) is 10.2. The summed E-state index contributed by atoms with van der Waals surface area (Å²) in [5.74, 6) is 0.00437. The van der Waals surface area contributed by atoms with Crippen molar-refractivity contribution in [3.63, 3.8) is 0 Å². The number of nitrogens with zero attached hydrogens (tertiary/aromatic N) is 1. The van der Waals surface area contributed by atoms with E-state index in [0.717, 1.165) is 36.9 Å². The van der Waals surface area contributed by atoms with Crippen LogP contribution in [0.5, 0.6) is 0 Å². The van der Waals surface area contributed by atoms with Crippen molar-refractivity contribution in [1.82, 2.24) is 15.5 Å². The van der Waals surface area contributed by atoms with E-state index in [2.05, 4.69) is 15.5 Å². The molecular weight excluding hydrogens is 325 g/mol. The number of likely N-dealkylation sites (N-methyl/N-ethyl adjacent to an activating group) is 1. The number of halogens is 2. The minimum Gasteiger partial charge on any atom is -0.379 e. The summed E-state index contributed by atoms with van der Waals surface area (Å²) in [6.45, 7) is 4.12. The van der Waals surface area contributed by atoms with Crippen LogP contribution in [-0.2, 0) is 9.53 Å². The topological polar surface area (TPSA) is 53.6 Å². The summed E-state index contributed by atoms with van der Waals surface area (Å²) in [5.41, 5.74) is 1.16. The molecule has 1 amide bonds. The summed E-state index contributed by atoms with van der Waals surface area (Å²) >= 11 is 5.96. The Kier molecular flexibility index (Phi) is 8.75. The van der Waals surface area contributed by atoms with Crippen LogP contribution in [0, 0.1) is 0 Å². The number of carbonyl (C=O) groups excluding carboxylic acids is 1. The Morgan fingerprint density at radius 2 is 1.95 bits per heavy atom. The third kappa shape index (κ3) is 5.74. The number of rotatable bonds is 6. The molecule has 2 rings (SSSR count). The Morgan fingerprint density at radius 1 is 1.32 bits per heavy atom. The van der Waals surface area contributed by atoms with Crippen molar-refractivity contribution in [3.05, 3.63) is 34.9 Å². The Morgan fingerprint density at radius 3 is 2.55 bits per heavy atom. The molecule has 1 unspecified atom stereocenters. The van der Waals surface area contributed by atoms with Crippen LogP contribution in [0.2, 0.25) is 5.02 Å². The molecule has 1 atom stereocenters. The molecule has 22 heavy (non-hydrogen) atoms. The van der Waals surface area contributed by atoms with Crippen LogP contribution in [0.15, 0.2) is 24.3 Å². The zero-order chi connectivity index (χ0) is 15.1. The van der Waals surface area contributed by atoms with E-state index in [1.165, 1.54) is 0 Å². The molecule has 124 valence electrons. The number of carbonyl (C=O) groups is 1. The lowest BCUT2D eigenvalue weighted by atomic mass is 10.0. The van der Waals surface area contributed by atoms with Gasteiger partial charge in [-0.05, 0) is 24.7 Å². The van der Waals surface area contributed by atoms with Crippen LogP contribution in [-0.4, -0.2) is 57.2 Å². The number of nitrogens with one attached hydrogen (secondary N) is 2. The third-order valence-electron chi connectivity index (χ3n) is 3.57. The van der Waals surface area contributed by atoms with Gasteiger partial charge in [0.05, 0.1) is 25.8 Å². The molecule has 1 aromatic carbocycles. The van der Waals surface area contributed by atoms with Gasteiger partial charge in [0.15, 0.2) is 0 Å². The van der Waals surface area contributed by atoms with Crippen molar-refractivity contribution in [2.45, 2.75) is 6.04 Å². The summed E-state index contributed by atoms with van der Waals surface area (Å²) in [5, 5.41) is 6.55. The van der Waals surface area contributed by atoms with Crippen LogP contribution >= 0.6 is 24.0 Å². The van der Waals surface area contributed by atoms with E-state index in [4.69, 9.17) is 16.3 Å². The van der Waals surface area contributed by atoms with Gasteiger partial charge in [-0.2, -0.15) is 0 Å². The Bertz CT molecular complexity index is 451. The molecule has 7 heteroatoms. The summed E-state index contributed by atoms with van der Waals surface area (Å²) in [7, 11) is 1.76. The van der Waals surface area contributed by atoms with Gasteiger partial charge in [-0.1, -0.05) is 23.7 Å². The fourth-order valence-corrected chi connectivity index (χ4v) is 2.59. The lowest BCUT2D eigenvalue weighted by molar-refractivity contribution is -0.120. The standard InChI is InChI=1S/C15H22ClN3O2.ClH/c1-17-11-15(20)18-10-14(19-6-8-21-9-7-19)12-2-4-13(16)5-3-12;/h2-5,14,17H,6-11H2,1H3,(H,18,20);1H. The van der Waals surface area contributed by atoms with Gasteiger partial charge in [0.25, 0.3) is 0 Å². The quantitative estimate of drug-likeness (QED) is 0.818. The maximum atomic E-state index is 11.7. The summed E-state index contributed by atoms with van der Waals surface area (Å²) in [6.07, 6.45) is 0. The van der Waals surface area contributed by atoms with Gasteiger partial charge in [0, 0.05) is 24.7 Å². The minimum atomic E-state index is 0. The molecular formula is C15H23Cl2N3O2. The zero-order valence-corrected chi connectivity index (χ0v) is 14.3. The second kappa shape index (κ2) is 10.0. The molecule has 1 heterocycles. The highest BCUT2D eigenvalue weighted by atomic mass is 35.5. The highest BCUT2D eigenvalue weighted by Gasteiger charge is 2.23. The normalized spacial score (nSPS) is 16.6. The maximum absolute atomic E-state index is 11.7. The van der Waals surface area contributed by atoms with Crippen LogP contribution in [0.1, 0.15) is 11.6 Å². The second-order valence-electron chi connectivity index (χ2n) is 5.05. The van der Waals surface area contributed by atoms with Gasteiger partial charge in [-0.3, -0.25) is 9.69 Å². The van der Waals surface area contributed by atoms with E-state index in [1.807, 2.05) is 24.3 Å². The first kappa shape index (κ1) is 19.2. The van der Waals surface area contributed by atoms with E-state index in [-0.39, 0.29) is 24.4 Å². The van der Waals surface area contributed by atoms with E-state index in [9.17, 15) is 4.79 Å². The second-order valence-corrected chi connectivity index (χ2v) is 5.49. The van der Waals surface area contributed by atoms with Crippen molar-refractivity contribution in [1.29, 1.82) is 0 Å². The third-order valence-corrected chi connectivity index (χ3v) is 3.82. The largest absolute Gasteiger partial charge is 0.379 e. The number of hydrogen-bond donors (Lipinski definition) is 2. The molecule has 1 aromatic rings. The zero-order valence-electron chi connectivity index (χ0n) is 12.7.